The van der Waals surface area contributed by atoms with Gasteiger partial charge in [0.05, 0.1) is 0 Å². The van der Waals surface area contributed by atoms with Crippen LogP contribution in [0.3, 0.4) is 0 Å². The topological polar surface area (TPSA) is 0 Å². The van der Waals surface area contributed by atoms with Crippen molar-refractivity contribution in [2.24, 2.45) is 0 Å². The maximum Gasteiger partial charge on any atom is -0.0195 e. The van der Waals surface area contributed by atoms with Gasteiger partial charge in [-0.15, -0.1) is 0 Å². The molecule has 0 aliphatic heterocycles. The van der Waals surface area contributed by atoms with Gasteiger partial charge in [-0.1, -0.05) is 121 Å². The fraction of sp³-hybridized carbons (Fsp3) is 0.0769. The average molecular weight is 847 g/mol. The van der Waals surface area contributed by atoms with Crippen LogP contribution in [-0.2, 0) is 11.2 Å². The standard InChI is InChI=1S/C26H24P2.2HI.Pt/c1-5-13-23(14-6-1)27(24-15-7-2-8-16-24)21-22-28(25-17-9-3-10-18-25)26-19-11-4-12-20-26;;;/h1-20H,21-22H2;2*1H;/q;;;+2/p-2. The van der Waals surface area contributed by atoms with Crippen molar-refractivity contribution in [3.8, 4) is 0 Å². The molecule has 0 nitrogen and oxygen atoms in total. The predicted molar refractivity (Wildman–Crippen MR) is 156 cm³/mol. The maximum atomic E-state index is 2.39. The van der Waals surface area contributed by atoms with Gasteiger partial charge in [-0.05, 0) is 49.4 Å². The van der Waals surface area contributed by atoms with Crippen LogP contribution in [0, 0.1) is 0 Å². The molecule has 4 aromatic rings. The van der Waals surface area contributed by atoms with E-state index >= 15 is 0 Å². The Hall–Kier alpha value is -0.112. The molecule has 0 aliphatic rings. The Kier molecular flexibility index (Phi) is 12.3. The van der Waals surface area contributed by atoms with Gasteiger partial charge in [-0.25, -0.2) is 0 Å². The molecule has 0 radical (unpaired) electrons. The van der Waals surface area contributed by atoms with Crippen LogP contribution < -0.4 is 21.2 Å². The van der Waals surface area contributed by atoms with Crippen molar-refractivity contribution in [3.05, 3.63) is 121 Å². The second-order valence-corrected chi connectivity index (χ2v) is 28.0. The van der Waals surface area contributed by atoms with Gasteiger partial charge in [0.1, 0.15) is 0 Å². The summed E-state index contributed by atoms with van der Waals surface area (Å²) in [4.78, 5) is 0. The van der Waals surface area contributed by atoms with Crippen molar-refractivity contribution < 1.29 is 11.2 Å². The number of halogens is 2. The summed E-state index contributed by atoms with van der Waals surface area (Å²) in [5.41, 5.74) is 0. The van der Waals surface area contributed by atoms with Crippen LogP contribution >= 0.6 is 54.5 Å². The van der Waals surface area contributed by atoms with E-state index in [4.69, 9.17) is 0 Å². The van der Waals surface area contributed by atoms with Crippen molar-refractivity contribution in [3.63, 3.8) is 0 Å². The summed E-state index contributed by atoms with van der Waals surface area (Å²) in [7, 11) is -0.696. The zero-order valence-electron chi connectivity index (χ0n) is 16.9. The monoisotopic (exact) mass is 847 g/mol. The minimum atomic E-state index is -0.348. The van der Waals surface area contributed by atoms with Crippen molar-refractivity contribution in [1.82, 2.24) is 0 Å². The molecule has 0 N–H and O–H groups in total. The Labute approximate surface area is 218 Å². The third kappa shape index (κ3) is 8.31. The van der Waals surface area contributed by atoms with E-state index in [0.29, 0.717) is 11.2 Å². The Morgan fingerprint density at radius 1 is 0.419 bits per heavy atom. The first-order chi connectivity index (χ1) is 15.3. The normalized spacial score (nSPS) is 10.7. The van der Waals surface area contributed by atoms with E-state index in [9.17, 15) is 0 Å². The molecule has 0 bridgehead atoms. The van der Waals surface area contributed by atoms with E-state index in [2.05, 4.69) is 160 Å². The molecule has 0 spiro atoms. The third-order valence-electron chi connectivity index (χ3n) is 4.82. The first-order valence-electron chi connectivity index (χ1n) is 9.91. The smallest absolute Gasteiger partial charge is 0.0195 e. The van der Waals surface area contributed by atoms with Gasteiger partial charge in [0, 0.05) is 0 Å². The Morgan fingerprint density at radius 2 is 0.613 bits per heavy atom. The molecule has 0 atom stereocenters. The summed E-state index contributed by atoms with van der Waals surface area (Å²) in [6.07, 6.45) is 2.41. The fourth-order valence-electron chi connectivity index (χ4n) is 3.45. The van der Waals surface area contributed by atoms with Crippen LogP contribution in [0.2, 0.25) is 0 Å². The van der Waals surface area contributed by atoms with Crippen LogP contribution in [0.25, 0.3) is 0 Å². The molecule has 5 heteroatoms. The first-order valence-corrected chi connectivity index (χ1v) is 25.8. The number of hydrogen-bond acceptors (Lipinski definition) is 0. The van der Waals surface area contributed by atoms with E-state index in [1.807, 2.05) is 0 Å². The van der Waals surface area contributed by atoms with Gasteiger partial charge in [0.25, 0.3) is 0 Å². The van der Waals surface area contributed by atoms with Crippen molar-refractivity contribution in [2.45, 2.75) is 0 Å². The summed E-state index contributed by atoms with van der Waals surface area (Å²) >= 11 is 5.30. The summed E-state index contributed by atoms with van der Waals surface area (Å²) in [5.74, 6) is 0. The molecule has 0 unspecified atom stereocenters. The molecule has 0 aromatic heterocycles. The van der Waals surface area contributed by atoms with Crippen molar-refractivity contribution in [1.29, 1.82) is 0 Å². The molecule has 4 rings (SSSR count). The predicted octanol–water partition coefficient (Wildman–Crippen LogP) is 7.02. The largest absolute Gasteiger partial charge is 0.0622 e. The second kappa shape index (κ2) is 14.9. The molecular weight excluding hydrogens is 823 g/mol. The van der Waals surface area contributed by atoms with Crippen molar-refractivity contribution in [2.75, 3.05) is 12.3 Å². The van der Waals surface area contributed by atoms with E-state index < -0.39 is 0 Å². The van der Waals surface area contributed by atoms with Gasteiger partial charge in [-0.3, -0.25) is 0 Å². The molecule has 4 aromatic carbocycles. The van der Waals surface area contributed by atoms with Gasteiger partial charge in [0.2, 0.25) is 0 Å². The van der Waals surface area contributed by atoms with Crippen LogP contribution in [-0.4, -0.2) is 12.3 Å². The minimum absolute atomic E-state index is 0.348. The number of hydrogen-bond donors (Lipinski definition) is 0. The molecule has 0 saturated carbocycles. The van der Waals surface area contributed by atoms with E-state index in [1.165, 1.54) is 33.5 Å². The third-order valence-corrected chi connectivity index (χ3v) is 10.2. The van der Waals surface area contributed by atoms with Crippen LogP contribution in [0.4, 0.5) is 0 Å². The van der Waals surface area contributed by atoms with E-state index in [0.717, 1.165) is 0 Å². The Morgan fingerprint density at radius 3 is 0.806 bits per heavy atom. The zero-order chi connectivity index (χ0) is 21.7. The molecular formula is C26H24I2P2Pt. The number of rotatable bonds is 7. The van der Waals surface area contributed by atoms with E-state index in [1.54, 1.807) is 0 Å². The molecule has 0 heterocycles. The van der Waals surface area contributed by atoms with Gasteiger partial charge in [0.15, 0.2) is 0 Å². The number of benzene rings is 4. The summed E-state index contributed by atoms with van der Waals surface area (Å²) in [5, 5.41) is 5.89. The van der Waals surface area contributed by atoms with Gasteiger partial charge < -0.3 is 0 Å². The first kappa shape index (κ1) is 25.5. The summed E-state index contributed by atoms with van der Waals surface area (Å²) in [6.45, 7) is 0. The quantitative estimate of drug-likeness (QED) is 0.139. The van der Waals surface area contributed by atoms with Gasteiger partial charge >= 0.3 is 49.9 Å². The minimum Gasteiger partial charge on any atom is -0.0622 e. The van der Waals surface area contributed by atoms with Crippen molar-refractivity contribution >= 4 is 75.8 Å². The van der Waals surface area contributed by atoms with E-state index in [-0.39, 0.29) is 15.8 Å². The molecule has 0 aliphatic carbocycles. The van der Waals surface area contributed by atoms with Crippen LogP contribution in [0.1, 0.15) is 0 Å². The summed E-state index contributed by atoms with van der Waals surface area (Å²) in [6, 6.07) is 44.2. The SMILES string of the molecule is [I][Pt][I].c1ccc(P(CCP(c2ccccc2)c2ccccc2)c2ccccc2)cc1. The molecule has 0 fully saturated rings. The molecule has 0 saturated heterocycles. The van der Waals surface area contributed by atoms with Crippen LogP contribution in [0.5, 0.6) is 0 Å². The Balaban J connectivity index is 0.000000858. The zero-order valence-corrected chi connectivity index (χ0v) is 25.3. The second-order valence-electron chi connectivity index (χ2n) is 6.69. The molecule has 162 valence electrons. The maximum absolute atomic E-state index is 2.39. The van der Waals surface area contributed by atoms with Crippen LogP contribution in [0.15, 0.2) is 121 Å². The molecule has 31 heavy (non-hydrogen) atoms. The molecule has 0 amide bonds. The Bertz CT molecular complexity index is 825. The van der Waals surface area contributed by atoms with Gasteiger partial charge in [-0.2, -0.15) is 0 Å². The average Bonchev–Trinajstić information content (AvgIpc) is 2.85. The fourth-order valence-corrected chi connectivity index (χ4v) is 8.80. The summed E-state index contributed by atoms with van der Waals surface area (Å²) < 4.78 is 0.